The Bertz CT molecular complexity index is 771. The standard InChI is InChI=1S/C20H21NO5/c1-24-18-11-10-17(19(22)25-2)13-16(18)9-6-12-21-20(23)26-14-15-7-4-3-5-8-15/h3-11,13H,12,14H2,1-2H3,(H,21,23). The second-order valence-electron chi connectivity index (χ2n) is 5.29. The number of esters is 1. The molecule has 6 heteroatoms. The maximum atomic E-state index is 11.7. The van der Waals surface area contributed by atoms with E-state index in [1.165, 1.54) is 7.11 Å². The fraction of sp³-hybridized carbons (Fsp3) is 0.200. The summed E-state index contributed by atoms with van der Waals surface area (Å²) in [5.74, 6) is 0.186. The number of rotatable bonds is 7. The van der Waals surface area contributed by atoms with Gasteiger partial charge in [0.1, 0.15) is 12.4 Å². The van der Waals surface area contributed by atoms with Crippen LogP contribution < -0.4 is 10.1 Å². The average Bonchev–Trinajstić information content (AvgIpc) is 2.69. The highest BCUT2D eigenvalue weighted by Gasteiger charge is 2.08. The van der Waals surface area contributed by atoms with Crippen molar-refractivity contribution in [2.75, 3.05) is 20.8 Å². The van der Waals surface area contributed by atoms with Gasteiger partial charge in [-0.2, -0.15) is 0 Å². The molecule has 0 unspecified atom stereocenters. The van der Waals surface area contributed by atoms with Gasteiger partial charge >= 0.3 is 12.1 Å². The first-order valence-corrected chi connectivity index (χ1v) is 8.01. The zero-order valence-electron chi connectivity index (χ0n) is 14.7. The Hall–Kier alpha value is -3.28. The summed E-state index contributed by atoms with van der Waals surface area (Å²) in [5, 5.41) is 2.63. The molecule has 0 fully saturated rings. The van der Waals surface area contributed by atoms with Crippen LogP contribution in [0.5, 0.6) is 5.75 Å². The normalized spacial score (nSPS) is 10.4. The van der Waals surface area contributed by atoms with Crippen molar-refractivity contribution in [1.29, 1.82) is 0 Å². The molecule has 0 bridgehead atoms. The lowest BCUT2D eigenvalue weighted by Crippen LogP contribution is -2.24. The molecule has 2 aromatic rings. The average molecular weight is 355 g/mol. The highest BCUT2D eigenvalue weighted by Crippen LogP contribution is 2.21. The van der Waals surface area contributed by atoms with Crippen molar-refractivity contribution >= 4 is 18.1 Å². The molecule has 1 amide bonds. The summed E-state index contributed by atoms with van der Waals surface area (Å²) in [5.41, 5.74) is 2.04. The smallest absolute Gasteiger partial charge is 0.407 e. The van der Waals surface area contributed by atoms with Crippen LogP contribution in [0, 0.1) is 0 Å². The van der Waals surface area contributed by atoms with Crippen LogP contribution in [-0.4, -0.2) is 32.8 Å². The molecular formula is C20H21NO5. The van der Waals surface area contributed by atoms with Gasteiger partial charge in [-0.15, -0.1) is 0 Å². The van der Waals surface area contributed by atoms with Crippen molar-refractivity contribution in [3.8, 4) is 5.75 Å². The molecule has 0 heterocycles. The molecule has 0 aliphatic heterocycles. The van der Waals surface area contributed by atoms with E-state index in [1.54, 1.807) is 37.5 Å². The third kappa shape index (κ3) is 5.66. The summed E-state index contributed by atoms with van der Waals surface area (Å²) in [6.07, 6.45) is 2.99. The van der Waals surface area contributed by atoms with Crippen LogP contribution in [0.1, 0.15) is 21.5 Å². The third-order valence-corrected chi connectivity index (χ3v) is 3.53. The number of carbonyl (C=O) groups excluding carboxylic acids is 2. The van der Waals surface area contributed by atoms with Crippen LogP contribution in [0.4, 0.5) is 4.79 Å². The van der Waals surface area contributed by atoms with Gasteiger partial charge in [0.25, 0.3) is 0 Å². The van der Waals surface area contributed by atoms with Crippen molar-refractivity contribution in [3.05, 3.63) is 71.3 Å². The quantitative estimate of drug-likeness (QED) is 0.771. The molecule has 0 aromatic heterocycles. The van der Waals surface area contributed by atoms with Gasteiger partial charge in [-0.3, -0.25) is 0 Å². The molecule has 0 aliphatic rings. The van der Waals surface area contributed by atoms with Gasteiger partial charge in [0.15, 0.2) is 0 Å². The Labute approximate surface area is 152 Å². The van der Waals surface area contributed by atoms with E-state index in [9.17, 15) is 9.59 Å². The van der Waals surface area contributed by atoms with Crippen LogP contribution in [-0.2, 0) is 16.1 Å². The summed E-state index contributed by atoms with van der Waals surface area (Å²) in [6, 6.07) is 14.4. The number of nitrogens with one attached hydrogen (secondary N) is 1. The molecule has 0 radical (unpaired) electrons. The minimum atomic E-state index is -0.506. The van der Waals surface area contributed by atoms with E-state index in [2.05, 4.69) is 5.32 Å². The molecule has 0 saturated heterocycles. The first-order valence-electron chi connectivity index (χ1n) is 8.01. The fourth-order valence-electron chi connectivity index (χ4n) is 2.21. The number of carbonyl (C=O) groups is 2. The lowest BCUT2D eigenvalue weighted by molar-refractivity contribution is 0.0600. The van der Waals surface area contributed by atoms with Crippen LogP contribution in [0.15, 0.2) is 54.6 Å². The van der Waals surface area contributed by atoms with Gasteiger partial charge in [0, 0.05) is 12.1 Å². The fourth-order valence-corrected chi connectivity index (χ4v) is 2.21. The van der Waals surface area contributed by atoms with Gasteiger partial charge in [0.05, 0.1) is 19.8 Å². The molecule has 6 nitrogen and oxygen atoms in total. The Morgan fingerprint density at radius 2 is 1.85 bits per heavy atom. The summed E-state index contributed by atoms with van der Waals surface area (Å²) in [6.45, 7) is 0.491. The second kappa shape index (κ2) is 9.88. The highest BCUT2D eigenvalue weighted by molar-refractivity contribution is 5.90. The van der Waals surface area contributed by atoms with Crippen molar-refractivity contribution in [3.63, 3.8) is 0 Å². The lowest BCUT2D eigenvalue weighted by atomic mass is 10.1. The predicted molar refractivity (Wildman–Crippen MR) is 98.0 cm³/mol. The maximum Gasteiger partial charge on any atom is 0.407 e. The number of alkyl carbamates (subject to hydrolysis) is 1. The number of amides is 1. The van der Waals surface area contributed by atoms with E-state index in [-0.39, 0.29) is 13.2 Å². The van der Waals surface area contributed by atoms with Crippen LogP contribution in [0.2, 0.25) is 0 Å². The van der Waals surface area contributed by atoms with E-state index in [4.69, 9.17) is 14.2 Å². The molecular weight excluding hydrogens is 334 g/mol. The number of hydrogen-bond acceptors (Lipinski definition) is 5. The van der Waals surface area contributed by atoms with E-state index in [0.29, 0.717) is 16.9 Å². The van der Waals surface area contributed by atoms with Gasteiger partial charge in [-0.25, -0.2) is 9.59 Å². The Morgan fingerprint density at radius 1 is 1.08 bits per heavy atom. The number of methoxy groups -OCH3 is 2. The first kappa shape index (κ1) is 19.1. The van der Waals surface area contributed by atoms with Gasteiger partial charge in [-0.05, 0) is 23.8 Å². The van der Waals surface area contributed by atoms with Crippen LogP contribution in [0.25, 0.3) is 6.08 Å². The summed E-state index contributed by atoms with van der Waals surface area (Å²) < 4.78 is 15.1. The molecule has 0 atom stereocenters. The Balaban J connectivity index is 1.87. The zero-order valence-corrected chi connectivity index (χ0v) is 14.7. The largest absolute Gasteiger partial charge is 0.496 e. The molecule has 26 heavy (non-hydrogen) atoms. The minimum absolute atomic E-state index is 0.214. The lowest BCUT2D eigenvalue weighted by Gasteiger charge is -2.07. The van der Waals surface area contributed by atoms with Crippen molar-refractivity contribution in [2.24, 2.45) is 0 Å². The van der Waals surface area contributed by atoms with Crippen molar-refractivity contribution in [1.82, 2.24) is 5.32 Å². The third-order valence-electron chi connectivity index (χ3n) is 3.53. The summed E-state index contributed by atoms with van der Waals surface area (Å²) in [7, 11) is 2.87. The molecule has 0 spiro atoms. The SMILES string of the molecule is COC(=O)c1ccc(OC)c(C=CCNC(=O)OCc2ccccc2)c1. The minimum Gasteiger partial charge on any atom is -0.496 e. The summed E-state index contributed by atoms with van der Waals surface area (Å²) >= 11 is 0. The van der Waals surface area contributed by atoms with Gasteiger partial charge in [-0.1, -0.05) is 42.5 Å². The van der Waals surface area contributed by atoms with E-state index >= 15 is 0 Å². The molecule has 0 saturated carbocycles. The van der Waals surface area contributed by atoms with Crippen molar-refractivity contribution in [2.45, 2.75) is 6.61 Å². The topological polar surface area (TPSA) is 73.9 Å². The molecule has 2 rings (SSSR count). The van der Waals surface area contributed by atoms with Gasteiger partial charge < -0.3 is 19.5 Å². The second-order valence-corrected chi connectivity index (χ2v) is 5.29. The number of benzene rings is 2. The molecule has 136 valence electrons. The van der Waals surface area contributed by atoms with Gasteiger partial charge in [0.2, 0.25) is 0 Å². The zero-order chi connectivity index (χ0) is 18.8. The first-order chi connectivity index (χ1) is 12.6. The van der Waals surface area contributed by atoms with Crippen LogP contribution >= 0.6 is 0 Å². The number of ether oxygens (including phenoxy) is 3. The molecule has 1 N–H and O–H groups in total. The van der Waals surface area contributed by atoms with E-state index in [0.717, 1.165) is 5.56 Å². The van der Waals surface area contributed by atoms with Crippen molar-refractivity contribution < 1.29 is 23.8 Å². The summed E-state index contributed by atoms with van der Waals surface area (Å²) in [4.78, 5) is 23.3. The van der Waals surface area contributed by atoms with Crippen LogP contribution in [0.3, 0.4) is 0 Å². The molecule has 2 aromatic carbocycles. The Morgan fingerprint density at radius 3 is 2.54 bits per heavy atom. The number of hydrogen-bond donors (Lipinski definition) is 1. The maximum absolute atomic E-state index is 11.7. The Kier molecular flexibility index (Phi) is 7.24. The predicted octanol–water partition coefficient (Wildman–Crippen LogP) is 3.42. The highest BCUT2D eigenvalue weighted by atomic mass is 16.5. The van der Waals surface area contributed by atoms with E-state index < -0.39 is 12.1 Å². The molecule has 0 aliphatic carbocycles. The van der Waals surface area contributed by atoms with E-state index in [1.807, 2.05) is 30.3 Å². The monoisotopic (exact) mass is 355 g/mol.